The molecule has 1 aliphatic heterocycles. The smallest absolute Gasteiger partial charge is 0.338 e. The van der Waals surface area contributed by atoms with Gasteiger partial charge < -0.3 is 14.2 Å². The van der Waals surface area contributed by atoms with Crippen LogP contribution in [0.3, 0.4) is 0 Å². The van der Waals surface area contributed by atoms with E-state index in [-0.39, 0.29) is 18.6 Å². The van der Waals surface area contributed by atoms with Crippen LogP contribution >= 0.6 is 0 Å². The number of nitrogens with zero attached hydrogens (tertiary/aromatic N) is 1. The Morgan fingerprint density at radius 3 is 2.10 bits per heavy atom. The van der Waals surface area contributed by atoms with E-state index in [4.69, 9.17) is 14.2 Å². The Kier molecular flexibility index (Phi) is 7.99. The number of aromatic amines is 1. The molecule has 9 nitrogen and oxygen atoms in total. The molecule has 2 heterocycles. The van der Waals surface area contributed by atoms with Crippen LogP contribution in [0.4, 0.5) is 0 Å². The van der Waals surface area contributed by atoms with Gasteiger partial charge in [-0.1, -0.05) is 66.4 Å². The van der Waals surface area contributed by atoms with Crippen LogP contribution in [0.25, 0.3) is 0 Å². The first-order valence-corrected chi connectivity index (χ1v) is 12.5. The normalized spacial score (nSPS) is 17.9. The Balaban J connectivity index is 1.39. The summed E-state index contributed by atoms with van der Waals surface area (Å²) in [6.07, 6.45) is -1.25. The molecule has 40 heavy (non-hydrogen) atoms. The Bertz CT molecular complexity index is 1670. The number of hydrogen-bond acceptors (Lipinski definition) is 7. The van der Waals surface area contributed by atoms with E-state index in [0.717, 1.165) is 0 Å². The summed E-state index contributed by atoms with van der Waals surface area (Å²) in [5.74, 6) is 4.53. The molecule has 0 amide bonds. The number of H-pyrrole nitrogens is 1. The lowest BCUT2D eigenvalue weighted by atomic mass is 10.1. The van der Waals surface area contributed by atoms with E-state index in [1.54, 1.807) is 72.8 Å². The maximum Gasteiger partial charge on any atom is 0.338 e. The van der Waals surface area contributed by atoms with Gasteiger partial charge in [-0.15, -0.1) is 0 Å². The molecule has 0 saturated carbocycles. The largest absolute Gasteiger partial charge is 0.459 e. The molecule has 3 aromatic carbocycles. The van der Waals surface area contributed by atoms with E-state index in [0.29, 0.717) is 16.7 Å². The van der Waals surface area contributed by atoms with Gasteiger partial charge in [-0.25, -0.2) is 14.4 Å². The molecular formula is C31H24N2O7. The molecule has 0 spiro atoms. The molecule has 1 fully saturated rings. The Morgan fingerprint density at radius 1 is 0.850 bits per heavy atom. The predicted octanol–water partition coefficient (Wildman–Crippen LogP) is 3.31. The maximum absolute atomic E-state index is 12.8. The third-order valence-electron chi connectivity index (χ3n) is 6.23. The predicted molar refractivity (Wildman–Crippen MR) is 145 cm³/mol. The second-order valence-electron chi connectivity index (χ2n) is 8.96. The number of nitrogens with one attached hydrogen (secondary N) is 1. The van der Waals surface area contributed by atoms with Crippen molar-refractivity contribution in [3.8, 4) is 11.8 Å². The molecule has 9 heteroatoms. The van der Waals surface area contributed by atoms with Crippen molar-refractivity contribution in [2.45, 2.75) is 24.9 Å². The van der Waals surface area contributed by atoms with Crippen molar-refractivity contribution < 1.29 is 23.8 Å². The zero-order valence-corrected chi connectivity index (χ0v) is 21.2. The van der Waals surface area contributed by atoms with E-state index in [1.165, 1.54) is 10.8 Å². The topological polar surface area (TPSA) is 117 Å². The van der Waals surface area contributed by atoms with Crippen LogP contribution in [0, 0.1) is 11.8 Å². The monoisotopic (exact) mass is 536 g/mol. The highest BCUT2D eigenvalue weighted by atomic mass is 16.6. The summed E-state index contributed by atoms with van der Waals surface area (Å²) < 4.78 is 18.4. The zero-order chi connectivity index (χ0) is 27.9. The fourth-order valence-electron chi connectivity index (χ4n) is 4.19. The molecule has 5 rings (SSSR count). The van der Waals surface area contributed by atoms with Gasteiger partial charge in [0.2, 0.25) is 0 Å². The lowest BCUT2D eigenvalue weighted by Gasteiger charge is -2.19. The molecule has 4 aromatic rings. The average Bonchev–Trinajstić information content (AvgIpc) is 3.38. The van der Waals surface area contributed by atoms with Gasteiger partial charge in [-0.2, -0.15) is 0 Å². The second kappa shape index (κ2) is 12.1. The Hall–Kier alpha value is -5.20. The average molecular weight is 537 g/mol. The molecule has 0 bridgehead atoms. The van der Waals surface area contributed by atoms with Crippen molar-refractivity contribution >= 4 is 11.9 Å². The van der Waals surface area contributed by atoms with Gasteiger partial charge in [-0.3, -0.25) is 14.3 Å². The lowest BCUT2D eigenvalue weighted by molar-refractivity contribution is -0.0582. The van der Waals surface area contributed by atoms with Crippen LogP contribution in [0.1, 0.15) is 44.5 Å². The number of ether oxygens (including phenoxy) is 3. The van der Waals surface area contributed by atoms with Gasteiger partial charge in [-0.05, 0) is 36.4 Å². The molecule has 0 unspecified atom stereocenters. The van der Waals surface area contributed by atoms with Gasteiger partial charge >= 0.3 is 17.6 Å². The summed E-state index contributed by atoms with van der Waals surface area (Å²) >= 11 is 0. The van der Waals surface area contributed by atoms with Crippen molar-refractivity contribution in [3.05, 3.63) is 140 Å². The molecule has 0 radical (unpaired) electrons. The lowest BCUT2D eigenvalue weighted by Crippen LogP contribution is -2.34. The van der Waals surface area contributed by atoms with Gasteiger partial charge in [0.25, 0.3) is 5.56 Å². The summed E-state index contributed by atoms with van der Waals surface area (Å²) in [7, 11) is 0. The maximum atomic E-state index is 12.8. The number of rotatable bonds is 6. The first-order chi connectivity index (χ1) is 19.5. The highest BCUT2D eigenvalue weighted by molar-refractivity contribution is 5.90. The van der Waals surface area contributed by atoms with Crippen molar-refractivity contribution in [1.82, 2.24) is 9.55 Å². The van der Waals surface area contributed by atoms with Crippen LogP contribution in [-0.4, -0.2) is 40.3 Å². The minimum atomic E-state index is -0.921. The molecule has 1 aliphatic rings. The summed E-state index contributed by atoms with van der Waals surface area (Å²) in [6.45, 7) is -0.226. The Labute approximate surface area is 229 Å². The first kappa shape index (κ1) is 26.4. The third kappa shape index (κ3) is 6.26. The van der Waals surface area contributed by atoms with Crippen LogP contribution in [0.15, 0.2) is 107 Å². The SMILES string of the molecule is O=C(OC[C@H]1O[C@@H](n2cc(C#Cc3ccccc3)c(=O)[nH]c2=O)C[C@@H]1OC(=O)c1ccccc1)c1ccccc1. The highest BCUT2D eigenvalue weighted by Gasteiger charge is 2.40. The van der Waals surface area contributed by atoms with E-state index in [1.807, 2.05) is 18.2 Å². The zero-order valence-electron chi connectivity index (χ0n) is 21.2. The fourth-order valence-corrected chi connectivity index (χ4v) is 4.19. The Morgan fingerprint density at radius 2 is 1.45 bits per heavy atom. The van der Waals surface area contributed by atoms with Crippen molar-refractivity contribution in [2.75, 3.05) is 6.61 Å². The van der Waals surface area contributed by atoms with Crippen molar-refractivity contribution in [2.24, 2.45) is 0 Å². The number of esters is 2. The van der Waals surface area contributed by atoms with E-state index < -0.39 is 41.6 Å². The second-order valence-corrected chi connectivity index (χ2v) is 8.96. The van der Waals surface area contributed by atoms with E-state index in [9.17, 15) is 19.2 Å². The molecule has 200 valence electrons. The molecule has 1 saturated heterocycles. The van der Waals surface area contributed by atoms with Gasteiger partial charge in [0.05, 0.1) is 11.1 Å². The van der Waals surface area contributed by atoms with Gasteiger partial charge in [0.1, 0.15) is 30.6 Å². The molecule has 1 aromatic heterocycles. The number of benzene rings is 3. The van der Waals surface area contributed by atoms with Gasteiger partial charge in [0, 0.05) is 18.2 Å². The van der Waals surface area contributed by atoms with Crippen LogP contribution in [0.2, 0.25) is 0 Å². The summed E-state index contributed by atoms with van der Waals surface area (Å²) in [6, 6.07) is 26.0. The summed E-state index contributed by atoms with van der Waals surface area (Å²) in [4.78, 5) is 52.8. The van der Waals surface area contributed by atoms with Crippen LogP contribution in [-0.2, 0) is 14.2 Å². The number of carbonyl (C=O) groups excluding carboxylic acids is 2. The molecular weight excluding hydrogens is 512 g/mol. The number of carbonyl (C=O) groups is 2. The van der Waals surface area contributed by atoms with Gasteiger partial charge in [0.15, 0.2) is 0 Å². The fraction of sp³-hybridized carbons (Fsp3) is 0.161. The number of hydrogen-bond donors (Lipinski definition) is 1. The standard InChI is InChI=1S/C31H24N2O7/c34-28-24(17-16-21-10-4-1-5-11-21)19-33(31(37)32-28)27-18-25(40-30(36)23-14-8-3-9-15-23)26(39-27)20-38-29(35)22-12-6-2-7-13-22/h1-15,19,25-27H,18,20H2,(H,32,34,37)/t25-,26+,27+/m0/s1. The van der Waals surface area contributed by atoms with Crippen LogP contribution < -0.4 is 11.2 Å². The van der Waals surface area contributed by atoms with E-state index >= 15 is 0 Å². The van der Waals surface area contributed by atoms with Crippen molar-refractivity contribution in [3.63, 3.8) is 0 Å². The summed E-state index contributed by atoms with van der Waals surface area (Å²) in [5.41, 5.74) is 0.103. The highest BCUT2D eigenvalue weighted by Crippen LogP contribution is 2.31. The first-order valence-electron chi connectivity index (χ1n) is 12.5. The van der Waals surface area contributed by atoms with Crippen LogP contribution in [0.5, 0.6) is 0 Å². The van der Waals surface area contributed by atoms with E-state index in [2.05, 4.69) is 16.8 Å². The molecule has 0 aliphatic carbocycles. The third-order valence-corrected chi connectivity index (χ3v) is 6.23. The van der Waals surface area contributed by atoms with Crippen molar-refractivity contribution in [1.29, 1.82) is 0 Å². The molecule has 3 atom stereocenters. The minimum absolute atomic E-state index is 0.0591. The quantitative estimate of drug-likeness (QED) is 0.297. The minimum Gasteiger partial charge on any atom is -0.459 e. The summed E-state index contributed by atoms with van der Waals surface area (Å²) in [5, 5.41) is 0. The number of aromatic nitrogens is 2. The molecule has 1 N–H and O–H groups in total.